The average Bonchev–Trinajstić information content (AvgIpc) is 2.92. The third-order valence-corrected chi connectivity index (χ3v) is 4.15. The molecule has 3 atom stereocenters. The number of fused-ring (bicyclic) bond motifs is 1. The van der Waals surface area contributed by atoms with E-state index >= 15 is 0 Å². The van der Waals surface area contributed by atoms with E-state index in [2.05, 4.69) is 4.98 Å². The van der Waals surface area contributed by atoms with E-state index < -0.39 is 18.0 Å². The fourth-order valence-electron chi connectivity index (χ4n) is 2.85. The normalized spacial score (nSPS) is 28.4. The van der Waals surface area contributed by atoms with Crippen molar-refractivity contribution in [3.05, 3.63) is 22.7 Å². The van der Waals surface area contributed by atoms with Gasteiger partial charge in [-0.3, -0.25) is 14.2 Å². The first-order valence-electron chi connectivity index (χ1n) is 7.84. The van der Waals surface area contributed by atoms with Gasteiger partial charge in [-0.1, -0.05) is 0 Å². The summed E-state index contributed by atoms with van der Waals surface area (Å²) in [5, 5.41) is 0. The highest BCUT2D eigenvalue weighted by Gasteiger charge is 2.38. The third-order valence-electron chi connectivity index (χ3n) is 4.15. The molecule has 2 saturated heterocycles. The lowest BCUT2D eigenvalue weighted by Gasteiger charge is -2.17. The number of cyclic esters (lactones) is 2. The molecule has 0 spiro atoms. The Morgan fingerprint density at radius 3 is 2.54 bits per heavy atom. The van der Waals surface area contributed by atoms with Crippen molar-refractivity contribution >= 4 is 17.8 Å². The van der Waals surface area contributed by atoms with Crippen LogP contribution in [0.15, 0.2) is 17.1 Å². The molecule has 9 heteroatoms. The number of anilines is 1. The molecular weight excluding hydrogens is 318 g/mol. The van der Waals surface area contributed by atoms with Gasteiger partial charge in [0.1, 0.15) is 24.8 Å². The maximum atomic E-state index is 11.9. The average molecular weight is 337 g/mol. The minimum absolute atomic E-state index is 0.0642. The number of nitrogens with zero attached hydrogens (tertiary/aromatic N) is 2. The van der Waals surface area contributed by atoms with E-state index in [4.69, 9.17) is 19.9 Å². The monoisotopic (exact) mass is 337 g/mol. The lowest BCUT2D eigenvalue weighted by Crippen LogP contribution is -2.29. The fourth-order valence-corrected chi connectivity index (χ4v) is 2.85. The number of ether oxygens (including phenoxy) is 3. The largest absolute Gasteiger partial charge is 0.465 e. The predicted octanol–water partition coefficient (Wildman–Crippen LogP) is -0.000500. The van der Waals surface area contributed by atoms with Crippen LogP contribution in [0, 0.1) is 5.92 Å². The standard InChI is InChI=1S/C15H19N3O6/c16-11-4-5-18(15(21)17-11)12-6-9-7-22-13(19)2-1-3-14(20)23-8-10(9)24-12/h4-5,9-10,12H,1-3,6-8H2,(H2,16,17,21)/t9-,10-,12-/m1/s1. The molecule has 1 aromatic rings. The topological polar surface area (TPSA) is 123 Å². The Labute approximate surface area is 137 Å². The van der Waals surface area contributed by atoms with Gasteiger partial charge in [0.2, 0.25) is 0 Å². The number of carbonyl (C=O) groups is 2. The van der Waals surface area contributed by atoms with Crippen molar-refractivity contribution in [2.45, 2.75) is 38.0 Å². The van der Waals surface area contributed by atoms with Gasteiger partial charge in [0.15, 0.2) is 0 Å². The second-order valence-electron chi connectivity index (χ2n) is 5.89. The number of esters is 2. The van der Waals surface area contributed by atoms with Gasteiger partial charge in [0, 0.05) is 31.4 Å². The summed E-state index contributed by atoms with van der Waals surface area (Å²) in [4.78, 5) is 38.9. The van der Waals surface area contributed by atoms with E-state index in [-0.39, 0.29) is 49.7 Å². The first-order chi connectivity index (χ1) is 11.5. The molecular formula is C15H19N3O6. The van der Waals surface area contributed by atoms with E-state index in [0.29, 0.717) is 12.8 Å². The Morgan fingerprint density at radius 2 is 1.83 bits per heavy atom. The van der Waals surface area contributed by atoms with Crippen LogP contribution in [0.25, 0.3) is 0 Å². The molecule has 0 aliphatic carbocycles. The Hall–Kier alpha value is -2.42. The van der Waals surface area contributed by atoms with Crippen LogP contribution in [0.1, 0.15) is 31.9 Å². The Bertz CT molecular complexity index is 660. The lowest BCUT2D eigenvalue weighted by atomic mass is 10.0. The van der Waals surface area contributed by atoms with Gasteiger partial charge in [0.25, 0.3) is 0 Å². The molecule has 1 aromatic heterocycles. The molecule has 0 radical (unpaired) electrons. The van der Waals surface area contributed by atoms with E-state index in [1.54, 1.807) is 0 Å². The molecule has 0 saturated carbocycles. The molecule has 2 fully saturated rings. The molecule has 0 amide bonds. The number of rotatable bonds is 1. The van der Waals surface area contributed by atoms with Gasteiger partial charge in [-0.25, -0.2) is 4.79 Å². The molecule has 0 aromatic carbocycles. The quantitative estimate of drug-likeness (QED) is 0.710. The van der Waals surface area contributed by atoms with Crippen LogP contribution >= 0.6 is 0 Å². The summed E-state index contributed by atoms with van der Waals surface area (Å²) in [5.74, 6) is -0.762. The summed E-state index contributed by atoms with van der Waals surface area (Å²) < 4.78 is 17.6. The molecule has 3 rings (SSSR count). The second-order valence-corrected chi connectivity index (χ2v) is 5.89. The summed E-state index contributed by atoms with van der Waals surface area (Å²) in [6, 6.07) is 1.51. The zero-order chi connectivity index (χ0) is 17.1. The molecule has 3 heterocycles. The van der Waals surface area contributed by atoms with Gasteiger partial charge < -0.3 is 19.9 Å². The lowest BCUT2D eigenvalue weighted by molar-refractivity contribution is -0.150. The minimum Gasteiger partial charge on any atom is -0.465 e. The summed E-state index contributed by atoms with van der Waals surface area (Å²) in [5.41, 5.74) is 4.97. The van der Waals surface area contributed by atoms with Gasteiger partial charge in [0.05, 0.1) is 6.61 Å². The zero-order valence-electron chi connectivity index (χ0n) is 13.1. The van der Waals surface area contributed by atoms with Crippen molar-refractivity contribution in [2.24, 2.45) is 5.92 Å². The Balaban J connectivity index is 1.76. The summed E-state index contributed by atoms with van der Waals surface area (Å²) in [6.45, 7) is 0.226. The smallest absolute Gasteiger partial charge is 0.351 e. The molecule has 24 heavy (non-hydrogen) atoms. The summed E-state index contributed by atoms with van der Waals surface area (Å²) in [7, 11) is 0. The molecule has 130 valence electrons. The molecule has 0 unspecified atom stereocenters. The van der Waals surface area contributed by atoms with Crippen molar-refractivity contribution in [2.75, 3.05) is 18.9 Å². The number of hydrogen-bond acceptors (Lipinski definition) is 8. The number of hydrogen-bond donors (Lipinski definition) is 1. The van der Waals surface area contributed by atoms with Crippen molar-refractivity contribution in [1.82, 2.24) is 9.55 Å². The summed E-state index contributed by atoms with van der Waals surface area (Å²) >= 11 is 0. The van der Waals surface area contributed by atoms with Gasteiger partial charge in [-0.2, -0.15) is 4.98 Å². The highest BCUT2D eigenvalue weighted by molar-refractivity contribution is 5.72. The maximum Gasteiger partial charge on any atom is 0.351 e. The van der Waals surface area contributed by atoms with Crippen molar-refractivity contribution in [3.8, 4) is 0 Å². The highest BCUT2D eigenvalue weighted by Crippen LogP contribution is 2.33. The Morgan fingerprint density at radius 1 is 1.12 bits per heavy atom. The third kappa shape index (κ3) is 3.73. The van der Waals surface area contributed by atoms with Crippen molar-refractivity contribution in [1.29, 1.82) is 0 Å². The maximum absolute atomic E-state index is 11.9. The minimum atomic E-state index is -0.569. The number of nitrogen functional groups attached to an aromatic ring is 1. The number of carbonyl (C=O) groups excluding carboxylic acids is 2. The van der Waals surface area contributed by atoms with Crippen molar-refractivity contribution < 1.29 is 23.8 Å². The van der Waals surface area contributed by atoms with Crippen LogP contribution in [-0.4, -0.2) is 40.8 Å². The zero-order valence-corrected chi connectivity index (χ0v) is 13.1. The first kappa shape index (κ1) is 16.4. The van der Waals surface area contributed by atoms with E-state index in [9.17, 15) is 14.4 Å². The highest BCUT2D eigenvalue weighted by atomic mass is 16.6. The van der Waals surface area contributed by atoms with Gasteiger partial charge in [-0.05, 0) is 12.5 Å². The molecule has 2 aliphatic heterocycles. The van der Waals surface area contributed by atoms with E-state index in [1.807, 2.05) is 0 Å². The fraction of sp³-hybridized carbons (Fsp3) is 0.600. The van der Waals surface area contributed by atoms with Gasteiger partial charge >= 0.3 is 17.6 Å². The molecule has 2 N–H and O–H groups in total. The van der Waals surface area contributed by atoms with Crippen LogP contribution in [0.4, 0.5) is 5.82 Å². The predicted molar refractivity (Wildman–Crippen MR) is 80.7 cm³/mol. The summed E-state index contributed by atoms with van der Waals surface area (Å²) in [6.07, 6.45) is 1.69. The Kier molecular flexibility index (Phi) is 4.79. The van der Waals surface area contributed by atoms with Crippen LogP contribution in [-0.2, 0) is 23.8 Å². The number of aromatic nitrogens is 2. The molecule has 2 aliphatic rings. The van der Waals surface area contributed by atoms with E-state index in [1.165, 1.54) is 16.8 Å². The van der Waals surface area contributed by atoms with Crippen LogP contribution in [0.3, 0.4) is 0 Å². The number of nitrogens with two attached hydrogens (primary N) is 1. The van der Waals surface area contributed by atoms with Crippen LogP contribution < -0.4 is 11.4 Å². The molecule has 0 bridgehead atoms. The SMILES string of the molecule is Nc1ccn([C@H]2C[C@@H]3COC(=O)CCCC(=O)OC[C@H]3O2)c(=O)n1. The van der Waals surface area contributed by atoms with Crippen LogP contribution in [0.5, 0.6) is 0 Å². The molecule has 9 nitrogen and oxygen atoms in total. The first-order valence-corrected chi connectivity index (χ1v) is 7.84. The van der Waals surface area contributed by atoms with Gasteiger partial charge in [-0.15, -0.1) is 0 Å². The van der Waals surface area contributed by atoms with Crippen molar-refractivity contribution in [3.63, 3.8) is 0 Å². The second kappa shape index (κ2) is 7.00. The van der Waals surface area contributed by atoms with E-state index in [0.717, 1.165) is 0 Å². The van der Waals surface area contributed by atoms with Crippen LogP contribution in [0.2, 0.25) is 0 Å².